The first-order chi connectivity index (χ1) is 15.5. The van der Waals surface area contributed by atoms with Gasteiger partial charge in [0.25, 0.3) is 11.6 Å². The number of imidazole rings is 1. The molecule has 9 nitrogen and oxygen atoms in total. The number of carbonyl (C=O) groups is 1. The topological polar surface area (TPSA) is 108 Å². The van der Waals surface area contributed by atoms with Crippen LogP contribution in [0.5, 0.6) is 11.5 Å². The van der Waals surface area contributed by atoms with E-state index in [1.54, 1.807) is 31.3 Å². The fourth-order valence-electron chi connectivity index (χ4n) is 3.67. The van der Waals surface area contributed by atoms with Gasteiger partial charge in [-0.1, -0.05) is 6.07 Å². The maximum absolute atomic E-state index is 12.7. The lowest BCUT2D eigenvalue weighted by molar-refractivity contribution is -0.385. The standard InChI is InChI=1S/C23H18N4O5/c1-14-17(3-2-4-19(14)27(29)30)23(28)24-16-6-8-22-25-18(13-26(22)12-16)15-5-7-20-21(11-15)32-10-9-31-20/h2-8,11-13H,9-10H2,1H3,(H,24,28). The minimum absolute atomic E-state index is 0.0909. The molecule has 0 fully saturated rings. The van der Waals surface area contributed by atoms with Gasteiger partial charge >= 0.3 is 0 Å². The van der Waals surface area contributed by atoms with Crippen LogP contribution in [-0.4, -0.2) is 33.4 Å². The van der Waals surface area contributed by atoms with Crippen LogP contribution in [-0.2, 0) is 0 Å². The number of aromatic nitrogens is 2. The van der Waals surface area contributed by atoms with E-state index in [1.807, 2.05) is 28.8 Å². The molecule has 3 heterocycles. The van der Waals surface area contributed by atoms with Crippen molar-refractivity contribution in [3.05, 3.63) is 82.2 Å². The van der Waals surface area contributed by atoms with Crippen molar-refractivity contribution in [1.29, 1.82) is 0 Å². The average Bonchev–Trinajstić information content (AvgIpc) is 3.22. The highest BCUT2D eigenvalue weighted by Crippen LogP contribution is 2.34. The summed E-state index contributed by atoms with van der Waals surface area (Å²) in [5.74, 6) is 0.981. The van der Waals surface area contributed by atoms with Crippen molar-refractivity contribution in [3.8, 4) is 22.8 Å². The average molecular weight is 430 g/mol. The van der Waals surface area contributed by atoms with Crippen LogP contribution in [0.15, 0.2) is 60.9 Å². The lowest BCUT2D eigenvalue weighted by Crippen LogP contribution is -2.15. The number of benzene rings is 2. The fourth-order valence-corrected chi connectivity index (χ4v) is 3.67. The van der Waals surface area contributed by atoms with Crippen LogP contribution in [0, 0.1) is 17.0 Å². The molecule has 1 aliphatic rings. The van der Waals surface area contributed by atoms with E-state index in [9.17, 15) is 14.9 Å². The largest absolute Gasteiger partial charge is 0.486 e. The summed E-state index contributed by atoms with van der Waals surface area (Å²) in [4.78, 5) is 28.0. The molecule has 160 valence electrons. The Balaban J connectivity index is 1.42. The first-order valence-corrected chi connectivity index (χ1v) is 9.94. The fraction of sp³-hybridized carbons (Fsp3) is 0.130. The Morgan fingerprint density at radius 1 is 1.09 bits per heavy atom. The van der Waals surface area contributed by atoms with E-state index >= 15 is 0 Å². The minimum atomic E-state index is -0.497. The number of rotatable bonds is 4. The second-order valence-electron chi connectivity index (χ2n) is 7.33. The monoisotopic (exact) mass is 430 g/mol. The molecule has 0 aliphatic carbocycles. The summed E-state index contributed by atoms with van der Waals surface area (Å²) in [6.07, 6.45) is 3.60. The van der Waals surface area contributed by atoms with Gasteiger partial charge in [0, 0.05) is 35.2 Å². The van der Waals surface area contributed by atoms with Gasteiger partial charge in [0.05, 0.1) is 16.3 Å². The van der Waals surface area contributed by atoms with Crippen molar-refractivity contribution in [1.82, 2.24) is 9.38 Å². The third-order valence-corrected chi connectivity index (χ3v) is 5.29. The molecule has 0 unspecified atom stereocenters. The molecule has 0 saturated heterocycles. The predicted octanol–water partition coefficient (Wildman–Crippen LogP) is 4.24. The number of fused-ring (bicyclic) bond motifs is 2. The van der Waals surface area contributed by atoms with E-state index in [0.29, 0.717) is 41.6 Å². The smallest absolute Gasteiger partial charge is 0.273 e. The van der Waals surface area contributed by atoms with E-state index in [0.717, 1.165) is 11.3 Å². The van der Waals surface area contributed by atoms with Crippen LogP contribution < -0.4 is 14.8 Å². The van der Waals surface area contributed by atoms with Crippen molar-refractivity contribution < 1.29 is 19.2 Å². The van der Waals surface area contributed by atoms with Gasteiger partial charge in [0.15, 0.2) is 11.5 Å². The van der Waals surface area contributed by atoms with Crippen molar-refractivity contribution in [2.24, 2.45) is 0 Å². The molecule has 32 heavy (non-hydrogen) atoms. The van der Waals surface area contributed by atoms with Crippen molar-refractivity contribution in [3.63, 3.8) is 0 Å². The zero-order chi connectivity index (χ0) is 22.2. The molecule has 4 aromatic rings. The molecule has 0 atom stereocenters. The molecule has 1 aliphatic heterocycles. The Labute approximate surface area is 182 Å². The molecule has 0 spiro atoms. The maximum Gasteiger partial charge on any atom is 0.273 e. The molecule has 2 aromatic carbocycles. The zero-order valence-corrected chi connectivity index (χ0v) is 17.1. The lowest BCUT2D eigenvalue weighted by atomic mass is 10.1. The van der Waals surface area contributed by atoms with Crippen LogP contribution in [0.1, 0.15) is 15.9 Å². The summed E-state index contributed by atoms with van der Waals surface area (Å²) in [6, 6.07) is 13.6. The quantitative estimate of drug-likeness (QED) is 0.383. The number of nitro benzene ring substituents is 1. The molecule has 1 N–H and O–H groups in total. The van der Waals surface area contributed by atoms with E-state index < -0.39 is 10.8 Å². The van der Waals surface area contributed by atoms with Crippen LogP contribution >= 0.6 is 0 Å². The minimum Gasteiger partial charge on any atom is -0.486 e. The van der Waals surface area contributed by atoms with Crippen LogP contribution in [0.2, 0.25) is 0 Å². The maximum atomic E-state index is 12.7. The van der Waals surface area contributed by atoms with E-state index in [-0.39, 0.29) is 11.3 Å². The van der Waals surface area contributed by atoms with Gasteiger partial charge in [-0.3, -0.25) is 14.9 Å². The van der Waals surface area contributed by atoms with Crippen LogP contribution in [0.3, 0.4) is 0 Å². The Bertz CT molecular complexity index is 1380. The SMILES string of the molecule is Cc1c(C(=O)Nc2ccc3nc(-c4ccc5c(c4)OCCO5)cn3c2)cccc1[N+](=O)[O-]. The number of nitrogens with one attached hydrogen (secondary N) is 1. The van der Waals surface area contributed by atoms with Gasteiger partial charge in [0.1, 0.15) is 18.9 Å². The van der Waals surface area contributed by atoms with Gasteiger partial charge in [0.2, 0.25) is 0 Å². The number of ether oxygens (including phenoxy) is 2. The summed E-state index contributed by atoms with van der Waals surface area (Å²) in [6.45, 7) is 2.60. The van der Waals surface area contributed by atoms with Crippen LogP contribution in [0.4, 0.5) is 11.4 Å². The van der Waals surface area contributed by atoms with Crippen molar-refractivity contribution >= 4 is 22.9 Å². The number of anilines is 1. The Morgan fingerprint density at radius 3 is 2.72 bits per heavy atom. The highest BCUT2D eigenvalue weighted by molar-refractivity contribution is 6.05. The molecular formula is C23H18N4O5. The number of hydrogen-bond donors (Lipinski definition) is 1. The van der Waals surface area contributed by atoms with E-state index in [2.05, 4.69) is 10.3 Å². The normalized spacial score (nSPS) is 12.5. The van der Waals surface area contributed by atoms with Gasteiger partial charge < -0.3 is 19.2 Å². The second kappa shape index (κ2) is 7.69. The second-order valence-corrected chi connectivity index (χ2v) is 7.33. The van der Waals surface area contributed by atoms with Crippen molar-refractivity contribution in [2.45, 2.75) is 6.92 Å². The Kier molecular flexibility index (Phi) is 4.70. The van der Waals surface area contributed by atoms with Gasteiger partial charge in [-0.05, 0) is 43.3 Å². The highest BCUT2D eigenvalue weighted by atomic mass is 16.6. The third-order valence-electron chi connectivity index (χ3n) is 5.29. The first kappa shape index (κ1) is 19.6. The first-order valence-electron chi connectivity index (χ1n) is 9.94. The van der Waals surface area contributed by atoms with Gasteiger partial charge in [-0.15, -0.1) is 0 Å². The number of hydrogen-bond acceptors (Lipinski definition) is 6. The molecule has 2 aromatic heterocycles. The summed E-state index contributed by atoms with van der Waals surface area (Å²) >= 11 is 0. The van der Waals surface area contributed by atoms with E-state index in [4.69, 9.17) is 9.47 Å². The molecule has 0 saturated carbocycles. The van der Waals surface area contributed by atoms with Gasteiger partial charge in [-0.2, -0.15) is 0 Å². The molecule has 0 bridgehead atoms. The van der Waals surface area contributed by atoms with E-state index in [1.165, 1.54) is 12.1 Å². The lowest BCUT2D eigenvalue weighted by Gasteiger charge is -2.18. The molecule has 1 amide bonds. The summed E-state index contributed by atoms with van der Waals surface area (Å²) < 4.78 is 13.0. The summed E-state index contributed by atoms with van der Waals surface area (Å²) in [5, 5.41) is 13.9. The zero-order valence-electron chi connectivity index (χ0n) is 17.1. The highest BCUT2D eigenvalue weighted by Gasteiger charge is 2.18. The predicted molar refractivity (Wildman–Crippen MR) is 117 cm³/mol. The summed E-state index contributed by atoms with van der Waals surface area (Å²) in [5.41, 5.74) is 3.36. The summed E-state index contributed by atoms with van der Waals surface area (Å²) in [7, 11) is 0. The molecule has 5 rings (SSSR count). The van der Waals surface area contributed by atoms with Crippen molar-refractivity contribution in [2.75, 3.05) is 18.5 Å². The number of nitrogens with zero attached hydrogens (tertiary/aromatic N) is 3. The number of pyridine rings is 1. The van der Waals surface area contributed by atoms with Gasteiger partial charge in [-0.25, -0.2) is 4.98 Å². The molecular weight excluding hydrogens is 412 g/mol. The van der Waals surface area contributed by atoms with Crippen LogP contribution in [0.25, 0.3) is 16.9 Å². The Morgan fingerprint density at radius 2 is 1.91 bits per heavy atom. The number of carbonyl (C=O) groups excluding carboxylic acids is 1. The Hall–Kier alpha value is -4.40. The third kappa shape index (κ3) is 3.49. The number of nitro groups is 1. The molecule has 0 radical (unpaired) electrons. The molecule has 9 heteroatoms. The number of amides is 1.